The van der Waals surface area contributed by atoms with Crippen LogP contribution in [0.25, 0.3) is 0 Å². The zero-order chi connectivity index (χ0) is 12.8. The molecule has 1 aliphatic carbocycles. The highest BCUT2D eigenvalue weighted by Gasteiger charge is 2.23. The molecule has 0 spiro atoms. The van der Waals surface area contributed by atoms with Gasteiger partial charge in [0.2, 0.25) is 0 Å². The van der Waals surface area contributed by atoms with E-state index < -0.39 is 0 Å². The summed E-state index contributed by atoms with van der Waals surface area (Å²) < 4.78 is 1.21. The third-order valence-corrected chi connectivity index (χ3v) is 4.66. The average molecular weight is 310 g/mol. The van der Waals surface area contributed by atoms with Crippen LogP contribution in [0.15, 0.2) is 28.7 Å². The SMILES string of the molecule is CNCC1CCCCCC1Cc1cccc(Br)c1. The maximum absolute atomic E-state index is 3.58. The number of nitrogens with one attached hydrogen (secondary N) is 1. The molecule has 2 atom stereocenters. The van der Waals surface area contributed by atoms with E-state index >= 15 is 0 Å². The molecule has 0 heterocycles. The molecule has 0 bridgehead atoms. The van der Waals surface area contributed by atoms with Crippen LogP contribution in [0.3, 0.4) is 0 Å². The van der Waals surface area contributed by atoms with Gasteiger partial charge in [-0.1, -0.05) is 47.3 Å². The first-order valence-corrected chi connectivity index (χ1v) is 7.98. The Morgan fingerprint density at radius 2 is 1.94 bits per heavy atom. The predicted molar refractivity (Wildman–Crippen MR) is 81.8 cm³/mol. The molecule has 1 aliphatic rings. The van der Waals surface area contributed by atoms with Crippen molar-refractivity contribution in [2.45, 2.75) is 38.5 Å². The Morgan fingerprint density at radius 1 is 1.17 bits per heavy atom. The Morgan fingerprint density at radius 3 is 2.67 bits per heavy atom. The first-order chi connectivity index (χ1) is 8.79. The Labute approximate surface area is 119 Å². The molecule has 0 radical (unpaired) electrons. The molecule has 1 fully saturated rings. The van der Waals surface area contributed by atoms with Crippen molar-refractivity contribution in [1.29, 1.82) is 0 Å². The fraction of sp³-hybridized carbons (Fsp3) is 0.625. The van der Waals surface area contributed by atoms with E-state index in [0.29, 0.717) is 0 Å². The highest BCUT2D eigenvalue weighted by Crippen LogP contribution is 2.31. The third kappa shape index (κ3) is 4.10. The first kappa shape index (κ1) is 14.1. The lowest BCUT2D eigenvalue weighted by atomic mass is 9.83. The molecule has 2 heteroatoms. The Hall–Kier alpha value is -0.340. The van der Waals surface area contributed by atoms with Gasteiger partial charge in [0, 0.05) is 4.47 Å². The van der Waals surface area contributed by atoms with Crippen LogP contribution < -0.4 is 5.32 Å². The molecule has 1 N–H and O–H groups in total. The van der Waals surface area contributed by atoms with Gasteiger partial charge < -0.3 is 5.32 Å². The summed E-state index contributed by atoms with van der Waals surface area (Å²) in [5.41, 5.74) is 1.48. The van der Waals surface area contributed by atoms with Gasteiger partial charge in [0.15, 0.2) is 0 Å². The van der Waals surface area contributed by atoms with Crippen molar-refractivity contribution in [1.82, 2.24) is 5.32 Å². The second-order valence-corrected chi connectivity index (χ2v) is 6.47. The van der Waals surface area contributed by atoms with Crippen LogP contribution in [-0.2, 0) is 6.42 Å². The summed E-state index contributed by atoms with van der Waals surface area (Å²) in [4.78, 5) is 0. The summed E-state index contributed by atoms with van der Waals surface area (Å²) in [6.07, 6.45) is 8.31. The second kappa shape index (κ2) is 7.30. The van der Waals surface area contributed by atoms with Crippen LogP contribution >= 0.6 is 15.9 Å². The summed E-state index contributed by atoms with van der Waals surface area (Å²) in [5, 5.41) is 3.38. The molecule has 2 unspecified atom stereocenters. The molecule has 1 aromatic rings. The van der Waals surface area contributed by atoms with E-state index in [-0.39, 0.29) is 0 Å². The van der Waals surface area contributed by atoms with Crippen LogP contribution in [0.5, 0.6) is 0 Å². The molecular weight excluding hydrogens is 286 g/mol. The van der Waals surface area contributed by atoms with E-state index in [0.717, 1.165) is 11.8 Å². The van der Waals surface area contributed by atoms with Gasteiger partial charge in [-0.2, -0.15) is 0 Å². The molecule has 1 saturated carbocycles. The Balaban J connectivity index is 2.03. The van der Waals surface area contributed by atoms with E-state index in [2.05, 4.69) is 52.6 Å². The van der Waals surface area contributed by atoms with E-state index in [1.165, 1.54) is 55.1 Å². The Kier molecular flexibility index (Phi) is 5.71. The van der Waals surface area contributed by atoms with E-state index in [1.807, 2.05) is 0 Å². The zero-order valence-electron chi connectivity index (χ0n) is 11.3. The molecule has 0 amide bonds. The number of hydrogen-bond acceptors (Lipinski definition) is 1. The molecule has 18 heavy (non-hydrogen) atoms. The van der Waals surface area contributed by atoms with Gasteiger partial charge in [0.05, 0.1) is 0 Å². The van der Waals surface area contributed by atoms with Crippen molar-refractivity contribution in [3.05, 3.63) is 34.3 Å². The molecule has 0 aromatic heterocycles. The fourth-order valence-corrected chi connectivity index (χ4v) is 3.67. The first-order valence-electron chi connectivity index (χ1n) is 7.18. The molecule has 0 saturated heterocycles. The molecule has 0 aliphatic heterocycles. The van der Waals surface area contributed by atoms with Crippen LogP contribution in [0.1, 0.15) is 37.7 Å². The molecule has 1 nitrogen and oxygen atoms in total. The Bertz CT molecular complexity index is 364. The van der Waals surface area contributed by atoms with E-state index in [1.54, 1.807) is 0 Å². The topological polar surface area (TPSA) is 12.0 Å². The molecule has 100 valence electrons. The summed E-state index contributed by atoms with van der Waals surface area (Å²) in [6, 6.07) is 8.82. The van der Waals surface area contributed by atoms with Crippen molar-refractivity contribution in [2.24, 2.45) is 11.8 Å². The summed E-state index contributed by atoms with van der Waals surface area (Å²) in [6.45, 7) is 1.18. The van der Waals surface area contributed by atoms with Crippen LogP contribution in [0, 0.1) is 11.8 Å². The second-order valence-electron chi connectivity index (χ2n) is 5.55. The maximum atomic E-state index is 3.58. The van der Waals surface area contributed by atoms with Crippen molar-refractivity contribution in [3.63, 3.8) is 0 Å². The highest BCUT2D eigenvalue weighted by atomic mass is 79.9. The van der Waals surface area contributed by atoms with Crippen molar-refractivity contribution in [3.8, 4) is 0 Å². The lowest BCUT2D eigenvalue weighted by Crippen LogP contribution is -2.26. The van der Waals surface area contributed by atoms with Gasteiger partial charge >= 0.3 is 0 Å². The van der Waals surface area contributed by atoms with Gasteiger partial charge in [0.1, 0.15) is 0 Å². The smallest absolute Gasteiger partial charge is 0.0177 e. The quantitative estimate of drug-likeness (QED) is 0.812. The molecular formula is C16H24BrN. The van der Waals surface area contributed by atoms with Gasteiger partial charge in [-0.3, -0.25) is 0 Å². The number of rotatable bonds is 4. The van der Waals surface area contributed by atoms with E-state index in [4.69, 9.17) is 0 Å². The van der Waals surface area contributed by atoms with Gasteiger partial charge in [-0.15, -0.1) is 0 Å². The normalized spacial score (nSPS) is 24.8. The third-order valence-electron chi connectivity index (χ3n) is 4.17. The van der Waals surface area contributed by atoms with Gasteiger partial charge in [-0.05, 0) is 62.4 Å². The lowest BCUT2D eigenvalue weighted by Gasteiger charge is -2.25. The van der Waals surface area contributed by atoms with E-state index in [9.17, 15) is 0 Å². The standard InChI is InChI=1S/C16H24BrN/c1-18-12-15-8-4-2-3-7-14(15)10-13-6-5-9-16(17)11-13/h5-6,9,11,14-15,18H,2-4,7-8,10,12H2,1H3. The molecule has 2 rings (SSSR count). The van der Waals surface area contributed by atoms with Gasteiger partial charge in [-0.25, -0.2) is 0 Å². The minimum absolute atomic E-state index is 0.856. The van der Waals surface area contributed by atoms with Crippen LogP contribution in [0.4, 0.5) is 0 Å². The predicted octanol–water partition coefficient (Wildman–Crippen LogP) is 4.41. The minimum atomic E-state index is 0.856. The van der Waals surface area contributed by atoms with Gasteiger partial charge in [0.25, 0.3) is 0 Å². The monoisotopic (exact) mass is 309 g/mol. The zero-order valence-corrected chi connectivity index (χ0v) is 12.9. The number of halogens is 1. The van der Waals surface area contributed by atoms with Crippen LogP contribution in [-0.4, -0.2) is 13.6 Å². The van der Waals surface area contributed by atoms with Crippen molar-refractivity contribution in [2.75, 3.05) is 13.6 Å². The summed E-state index contributed by atoms with van der Waals surface area (Å²) >= 11 is 3.58. The summed E-state index contributed by atoms with van der Waals surface area (Å²) in [7, 11) is 2.08. The van der Waals surface area contributed by atoms with Crippen molar-refractivity contribution < 1.29 is 0 Å². The highest BCUT2D eigenvalue weighted by molar-refractivity contribution is 9.10. The lowest BCUT2D eigenvalue weighted by molar-refractivity contribution is 0.304. The maximum Gasteiger partial charge on any atom is 0.0177 e. The average Bonchev–Trinajstić information content (AvgIpc) is 2.56. The number of hydrogen-bond donors (Lipinski definition) is 1. The van der Waals surface area contributed by atoms with Crippen LogP contribution in [0.2, 0.25) is 0 Å². The minimum Gasteiger partial charge on any atom is -0.319 e. The molecule has 1 aromatic carbocycles. The van der Waals surface area contributed by atoms with Crippen molar-refractivity contribution >= 4 is 15.9 Å². The summed E-state index contributed by atoms with van der Waals surface area (Å²) in [5.74, 6) is 1.71. The largest absolute Gasteiger partial charge is 0.319 e. The fourth-order valence-electron chi connectivity index (χ4n) is 3.23. The number of benzene rings is 1.